The van der Waals surface area contributed by atoms with Crippen LogP contribution in [0.25, 0.3) is 22.4 Å². The number of benzene rings is 3. The first-order valence-electron chi connectivity index (χ1n) is 9.66. The largest absolute Gasteiger partial charge is 0.457 e. The maximum atomic E-state index is 15.2. The number of halogens is 1. The molecule has 154 valence electrons. The maximum Gasteiger partial charge on any atom is 0.267 e. The van der Waals surface area contributed by atoms with Crippen LogP contribution in [0.5, 0.6) is 11.5 Å². The molecule has 0 saturated carbocycles. The summed E-state index contributed by atoms with van der Waals surface area (Å²) < 4.78 is 22.4. The lowest BCUT2D eigenvalue weighted by Gasteiger charge is -2.15. The van der Waals surface area contributed by atoms with Crippen molar-refractivity contribution < 1.29 is 13.9 Å². The number of hydrogen-bond donors (Lipinski definition) is 0. The second-order valence-corrected chi connectivity index (χ2v) is 7.00. The zero-order valence-corrected chi connectivity index (χ0v) is 17.0. The van der Waals surface area contributed by atoms with E-state index in [0.717, 1.165) is 0 Å². The van der Waals surface area contributed by atoms with Crippen LogP contribution in [0.4, 0.5) is 4.39 Å². The van der Waals surface area contributed by atoms with Crippen molar-refractivity contribution in [2.75, 3.05) is 0 Å². The molecule has 3 aromatic carbocycles. The van der Waals surface area contributed by atoms with Gasteiger partial charge in [0.2, 0.25) is 0 Å². The highest BCUT2D eigenvalue weighted by atomic mass is 19.1. The number of ketones is 1. The normalized spacial score (nSPS) is 10.7. The molecule has 0 N–H and O–H groups in total. The molecule has 1 heterocycles. The molecular weight excluding hydrogens is 395 g/mol. The second-order valence-electron chi connectivity index (χ2n) is 7.00. The minimum absolute atomic E-state index is 0.0436. The van der Waals surface area contributed by atoms with Gasteiger partial charge in [0.15, 0.2) is 5.78 Å². The van der Waals surface area contributed by atoms with Crippen LogP contribution >= 0.6 is 0 Å². The first kappa shape index (κ1) is 20.2. The zero-order chi connectivity index (χ0) is 22.0. The molecule has 6 heteroatoms. The summed E-state index contributed by atoms with van der Waals surface area (Å²) in [7, 11) is 1.53. The number of carbonyl (C=O) groups is 1. The van der Waals surface area contributed by atoms with E-state index in [4.69, 9.17) is 4.74 Å². The molecule has 0 aliphatic rings. The SMILES string of the molecule is CC(=O)c1cccc(-c2cc(=O)n(C)nc2-c2ccccc2Oc2ccccc2)c1F. The molecule has 0 bridgehead atoms. The fourth-order valence-electron chi connectivity index (χ4n) is 3.32. The third-order valence-electron chi connectivity index (χ3n) is 4.87. The number of ether oxygens (including phenoxy) is 1. The van der Waals surface area contributed by atoms with Crippen molar-refractivity contribution in [2.45, 2.75) is 6.92 Å². The molecule has 4 aromatic rings. The molecule has 0 radical (unpaired) electrons. The molecule has 5 nitrogen and oxygen atoms in total. The van der Waals surface area contributed by atoms with Crippen LogP contribution < -0.4 is 10.3 Å². The predicted molar refractivity (Wildman–Crippen MR) is 117 cm³/mol. The van der Waals surface area contributed by atoms with E-state index in [-0.39, 0.29) is 16.7 Å². The van der Waals surface area contributed by atoms with Crippen LogP contribution in [0.15, 0.2) is 83.7 Å². The van der Waals surface area contributed by atoms with Crippen molar-refractivity contribution in [1.29, 1.82) is 0 Å². The van der Waals surface area contributed by atoms with Crippen LogP contribution in [0, 0.1) is 5.82 Å². The number of Topliss-reactive ketones (excluding diaryl/α,β-unsaturated/α-hetero) is 1. The molecular formula is C25H19FN2O3. The lowest BCUT2D eigenvalue weighted by atomic mass is 9.96. The van der Waals surface area contributed by atoms with E-state index in [2.05, 4.69) is 5.10 Å². The Morgan fingerprint density at radius 3 is 2.32 bits per heavy atom. The summed E-state index contributed by atoms with van der Waals surface area (Å²) in [6.07, 6.45) is 0. The van der Waals surface area contributed by atoms with Crippen molar-refractivity contribution in [1.82, 2.24) is 9.78 Å². The number of rotatable bonds is 5. The van der Waals surface area contributed by atoms with Gasteiger partial charge in [-0.15, -0.1) is 0 Å². The Balaban J connectivity index is 1.95. The lowest BCUT2D eigenvalue weighted by Crippen LogP contribution is -2.20. The summed E-state index contributed by atoms with van der Waals surface area (Å²) in [5.74, 6) is 0.0496. The third-order valence-corrected chi connectivity index (χ3v) is 4.87. The number of hydrogen-bond acceptors (Lipinski definition) is 4. The topological polar surface area (TPSA) is 61.2 Å². The van der Waals surface area contributed by atoms with Gasteiger partial charge in [-0.05, 0) is 37.3 Å². The Bertz CT molecular complexity index is 1330. The van der Waals surface area contributed by atoms with E-state index in [1.807, 2.05) is 42.5 Å². The lowest BCUT2D eigenvalue weighted by molar-refractivity contribution is 0.101. The Labute approximate surface area is 178 Å². The molecule has 31 heavy (non-hydrogen) atoms. The number of carbonyl (C=O) groups excluding carboxylic acids is 1. The number of aryl methyl sites for hydroxylation is 1. The highest BCUT2D eigenvalue weighted by Gasteiger charge is 2.20. The molecule has 0 aliphatic heterocycles. The van der Waals surface area contributed by atoms with Crippen LogP contribution in [0.1, 0.15) is 17.3 Å². The highest BCUT2D eigenvalue weighted by molar-refractivity contribution is 5.96. The summed E-state index contributed by atoms with van der Waals surface area (Å²) in [5, 5.41) is 4.41. The van der Waals surface area contributed by atoms with Gasteiger partial charge in [-0.2, -0.15) is 5.10 Å². The van der Waals surface area contributed by atoms with Gasteiger partial charge in [-0.25, -0.2) is 9.07 Å². The zero-order valence-electron chi connectivity index (χ0n) is 17.0. The van der Waals surface area contributed by atoms with Gasteiger partial charge in [0.05, 0.1) is 5.56 Å². The van der Waals surface area contributed by atoms with Gasteiger partial charge in [-0.1, -0.05) is 42.5 Å². The average Bonchev–Trinajstić information content (AvgIpc) is 2.77. The van der Waals surface area contributed by atoms with E-state index in [1.165, 1.54) is 36.9 Å². The molecule has 0 unspecified atom stereocenters. The first-order valence-corrected chi connectivity index (χ1v) is 9.66. The van der Waals surface area contributed by atoms with Gasteiger partial charge in [0.1, 0.15) is 23.0 Å². The van der Waals surface area contributed by atoms with Gasteiger partial charge in [0, 0.05) is 29.8 Å². The summed E-state index contributed by atoms with van der Waals surface area (Å²) in [6, 6.07) is 22.3. The average molecular weight is 414 g/mol. The summed E-state index contributed by atoms with van der Waals surface area (Å²) in [4.78, 5) is 24.2. The fraction of sp³-hybridized carbons (Fsp3) is 0.0800. The Morgan fingerprint density at radius 1 is 0.903 bits per heavy atom. The van der Waals surface area contributed by atoms with E-state index in [1.54, 1.807) is 18.2 Å². The Morgan fingerprint density at radius 2 is 1.58 bits per heavy atom. The van der Waals surface area contributed by atoms with Crippen LogP contribution in [-0.4, -0.2) is 15.6 Å². The number of para-hydroxylation sites is 2. The molecule has 4 rings (SSSR count). The van der Waals surface area contributed by atoms with E-state index >= 15 is 4.39 Å². The van der Waals surface area contributed by atoms with Crippen molar-refractivity contribution in [3.63, 3.8) is 0 Å². The van der Waals surface area contributed by atoms with Gasteiger partial charge in [-0.3, -0.25) is 9.59 Å². The van der Waals surface area contributed by atoms with E-state index in [9.17, 15) is 9.59 Å². The summed E-state index contributed by atoms with van der Waals surface area (Å²) in [5.41, 5.74) is 0.929. The van der Waals surface area contributed by atoms with Gasteiger partial charge < -0.3 is 4.74 Å². The number of nitrogens with zero attached hydrogens (tertiary/aromatic N) is 2. The number of aromatic nitrogens is 2. The van der Waals surface area contributed by atoms with Crippen LogP contribution in [-0.2, 0) is 7.05 Å². The van der Waals surface area contributed by atoms with Crippen molar-refractivity contribution in [3.05, 3.63) is 101 Å². The fourth-order valence-corrected chi connectivity index (χ4v) is 3.32. The third kappa shape index (κ3) is 4.00. The quantitative estimate of drug-likeness (QED) is 0.419. The molecule has 0 aliphatic carbocycles. The highest BCUT2D eigenvalue weighted by Crippen LogP contribution is 2.38. The minimum atomic E-state index is -0.687. The maximum absolute atomic E-state index is 15.2. The Kier molecular flexibility index (Phi) is 5.45. The first-order chi connectivity index (χ1) is 15.0. The molecule has 1 aromatic heterocycles. The summed E-state index contributed by atoms with van der Waals surface area (Å²) >= 11 is 0. The van der Waals surface area contributed by atoms with Crippen LogP contribution in [0.2, 0.25) is 0 Å². The molecule has 0 saturated heterocycles. The van der Waals surface area contributed by atoms with E-state index < -0.39 is 17.2 Å². The smallest absolute Gasteiger partial charge is 0.267 e. The molecule has 0 spiro atoms. The van der Waals surface area contributed by atoms with Crippen molar-refractivity contribution >= 4 is 5.78 Å². The molecule has 0 fully saturated rings. The summed E-state index contributed by atoms with van der Waals surface area (Å²) in [6.45, 7) is 1.30. The minimum Gasteiger partial charge on any atom is -0.457 e. The molecule has 0 amide bonds. The standard InChI is InChI=1S/C25H19FN2O3/c1-16(29)18-12-8-13-19(24(18)26)21-15-23(30)28(2)27-25(21)20-11-6-7-14-22(20)31-17-9-4-3-5-10-17/h3-15H,1-2H3. The van der Waals surface area contributed by atoms with Gasteiger partial charge >= 0.3 is 0 Å². The van der Waals surface area contributed by atoms with E-state index in [0.29, 0.717) is 22.8 Å². The predicted octanol–water partition coefficient (Wildman–Crippen LogP) is 5.25. The van der Waals surface area contributed by atoms with Crippen molar-refractivity contribution in [2.24, 2.45) is 7.05 Å². The van der Waals surface area contributed by atoms with Gasteiger partial charge in [0.25, 0.3) is 5.56 Å². The second kappa shape index (κ2) is 8.36. The monoisotopic (exact) mass is 414 g/mol. The van der Waals surface area contributed by atoms with Crippen molar-refractivity contribution in [3.8, 4) is 33.9 Å². The molecule has 0 atom stereocenters. The Hall–Kier alpha value is -4.06. The van der Waals surface area contributed by atoms with Crippen LogP contribution in [0.3, 0.4) is 0 Å².